The van der Waals surface area contributed by atoms with Crippen LogP contribution in [0.5, 0.6) is 5.75 Å². The highest BCUT2D eigenvalue weighted by atomic mass is 35.5. The van der Waals surface area contributed by atoms with Gasteiger partial charge in [0.05, 0.1) is 12.1 Å². The van der Waals surface area contributed by atoms with Gasteiger partial charge in [-0.3, -0.25) is 0 Å². The molecule has 21 heavy (non-hydrogen) atoms. The Labute approximate surface area is 140 Å². The number of halogens is 3. The molecule has 0 radical (unpaired) electrons. The second kappa shape index (κ2) is 7.37. The molecule has 0 amide bonds. The minimum Gasteiger partial charge on any atom is -0.495 e. The van der Waals surface area contributed by atoms with E-state index in [4.69, 9.17) is 39.5 Å². The Morgan fingerprint density at radius 1 is 1.10 bits per heavy atom. The summed E-state index contributed by atoms with van der Waals surface area (Å²) in [5, 5.41) is 5.16. The molecule has 112 valence electrons. The maximum absolute atomic E-state index is 6.35. The van der Waals surface area contributed by atoms with Gasteiger partial charge in [-0.1, -0.05) is 46.9 Å². The van der Waals surface area contributed by atoms with Gasteiger partial charge < -0.3 is 10.1 Å². The molecule has 2 nitrogen and oxygen atoms in total. The smallest absolute Gasteiger partial charge is 0.138 e. The zero-order valence-electron chi connectivity index (χ0n) is 11.8. The fourth-order valence-electron chi connectivity index (χ4n) is 2.23. The van der Waals surface area contributed by atoms with Gasteiger partial charge in [0.2, 0.25) is 0 Å². The molecule has 0 saturated heterocycles. The predicted octanol–water partition coefficient (Wildman–Crippen LogP) is 5.16. The lowest BCUT2D eigenvalue weighted by molar-refractivity contribution is 0.414. The first kappa shape index (κ1) is 16.4. The van der Waals surface area contributed by atoms with Crippen LogP contribution in [0, 0.1) is 0 Å². The van der Waals surface area contributed by atoms with Crippen LogP contribution in [0.15, 0.2) is 36.4 Å². The van der Waals surface area contributed by atoms with Crippen LogP contribution in [0.25, 0.3) is 0 Å². The lowest BCUT2D eigenvalue weighted by Gasteiger charge is -2.19. The third-order valence-electron chi connectivity index (χ3n) is 3.32. The molecule has 2 aromatic rings. The molecular weight excluding hydrogens is 329 g/mol. The first-order valence-corrected chi connectivity index (χ1v) is 7.63. The minimum absolute atomic E-state index is 0.0411. The summed E-state index contributed by atoms with van der Waals surface area (Å²) in [6, 6.07) is 11.4. The lowest BCUT2D eigenvalue weighted by Crippen LogP contribution is -2.19. The van der Waals surface area contributed by atoms with E-state index in [1.165, 1.54) is 0 Å². The SMILES string of the molecule is CNC(Cc1cccc(Cl)c1)c1cc(Cl)c(OC)cc1Cl. The Bertz CT molecular complexity index is 631. The normalized spacial score (nSPS) is 12.2. The van der Waals surface area contributed by atoms with Crippen LogP contribution in [0.3, 0.4) is 0 Å². The molecule has 0 spiro atoms. The van der Waals surface area contributed by atoms with Gasteiger partial charge in [-0.2, -0.15) is 0 Å². The van der Waals surface area contributed by atoms with E-state index in [1.807, 2.05) is 37.4 Å². The molecule has 0 aliphatic rings. The van der Waals surface area contributed by atoms with Crippen LogP contribution < -0.4 is 10.1 Å². The molecule has 1 unspecified atom stereocenters. The van der Waals surface area contributed by atoms with Crippen LogP contribution in [0.2, 0.25) is 15.1 Å². The quantitative estimate of drug-likeness (QED) is 0.809. The summed E-state index contributed by atoms with van der Waals surface area (Å²) in [4.78, 5) is 0. The van der Waals surface area contributed by atoms with Gasteiger partial charge in [0, 0.05) is 22.2 Å². The van der Waals surface area contributed by atoms with Crippen molar-refractivity contribution >= 4 is 34.8 Å². The van der Waals surface area contributed by atoms with E-state index >= 15 is 0 Å². The van der Waals surface area contributed by atoms with E-state index in [9.17, 15) is 0 Å². The van der Waals surface area contributed by atoms with Crippen LogP contribution in [0.4, 0.5) is 0 Å². The summed E-state index contributed by atoms with van der Waals surface area (Å²) in [6.45, 7) is 0. The molecule has 0 aliphatic heterocycles. The fraction of sp³-hybridized carbons (Fsp3) is 0.250. The van der Waals surface area contributed by atoms with Crippen molar-refractivity contribution in [1.29, 1.82) is 0 Å². The van der Waals surface area contributed by atoms with Gasteiger partial charge in [0.25, 0.3) is 0 Å². The van der Waals surface area contributed by atoms with Gasteiger partial charge >= 0.3 is 0 Å². The second-order valence-corrected chi connectivity index (χ2v) is 5.93. The Balaban J connectivity index is 2.31. The van der Waals surface area contributed by atoms with Crippen molar-refractivity contribution < 1.29 is 4.74 Å². The third-order valence-corrected chi connectivity index (χ3v) is 4.18. The fourth-order valence-corrected chi connectivity index (χ4v) is 2.98. The topological polar surface area (TPSA) is 21.3 Å². The first-order valence-electron chi connectivity index (χ1n) is 6.49. The van der Waals surface area contributed by atoms with Crippen molar-refractivity contribution in [2.45, 2.75) is 12.5 Å². The molecule has 0 aliphatic carbocycles. The molecule has 1 N–H and O–H groups in total. The average Bonchev–Trinajstić information content (AvgIpc) is 2.47. The van der Waals surface area contributed by atoms with E-state index in [2.05, 4.69) is 5.32 Å². The third kappa shape index (κ3) is 4.04. The molecule has 0 bridgehead atoms. The van der Waals surface area contributed by atoms with Crippen LogP contribution >= 0.6 is 34.8 Å². The molecule has 0 fully saturated rings. The van der Waals surface area contributed by atoms with E-state index in [0.29, 0.717) is 15.8 Å². The van der Waals surface area contributed by atoms with Crippen LogP contribution in [0.1, 0.15) is 17.2 Å². The monoisotopic (exact) mass is 343 g/mol. The van der Waals surface area contributed by atoms with E-state index in [-0.39, 0.29) is 6.04 Å². The Kier molecular flexibility index (Phi) is 5.77. The second-order valence-electron chi connectivity index (χ2n) is 4.68. The van der Waals surface area contributed by atoms with Crippen LogP contribution in [-0.2, 0) is 6.42 Å². The highest BCUT2D eigenvalue weighted by Gasteiger charge is 2.16. The van der Waals surface area contributed by atoms with Gasteiger partial charge in [-0.15, -0.1) is 0 Å². The highest BCUT2D eigenvalue weighted by Crippen LogP contribution is 2.35. The Morgan fingerprint density at radius 2 is 1.86 bits per heavy atom. The number of hydrogen-bond acceptors (Lipinski definition) is 2. The maximum atomic E-state index is 6.35. The molecule has 1 atom stereocenters. The minimum atomic E-state index is 0.0411. The van der Waals surface area contributed by atoms with Crippen molar-refractivity contribution in [3.8, 4) is 5.75 Å². The van der Waals surface area contributed by atoms with Gasteiger partial charge in [0.15, 0.2) is 0 Å². The summed E-state index contributed by atoms with van der Waals surface area (Å²) < 4.78 is 5.17. The molecular formula is C16H16Cl3NO. The zero-order valence-corrected chi connectivity index (χ0v) is 14.1. The predicted molar refractivity (Wildman–Crippen MR) is 90.0 cm³/mol. The highest BCUT2D eigenvalue weighted by molar-refractivity contribution is 6.34. The van der Waals surface area contributed by atoms with Crippen molar-refractivity contribution in [2.75, 3.05) is 14.2 Å². The maximum Gasteiger partial charge on any atom is 0.138 e. The van der Waals surface area contributed by atoms with Crippen LogP contribution in [-0.4, -0.2) is 14.2 Å². The number of ether oxygens (including phenoxy) is 1. The van der Waals surface area contributed by atoms with Gasteiger partial charge in [-0.05, 0) is 42.8 Å². The molecule has 0 heterocycles. The van der Waals surface area contributed by atoms with Crippen molar-refractivity contribution in [1.82, 2.24) is 5.32 Å². The molecule has 0 saturated carbocycles. The van der Waals surface area contributed by atoms with Gasteiger partial charge in [-0.25, -0.2) is 0 Å². The number of rotatable bonds is 5. The number of nitrogens with one attached hydrogen (secondary N) is 1. The number of benzene rings is 2. The Morgan fingerprint density at radius 3 is 2.48 bits per heavy atom. The zero-order chi connectivity index (χ0) is 15.4. The molecule has 2 aromatic carbocycles. The summed E-state index contributed by atoms with van der Waals surface area (Å²) in [5.74, 6) is 0.572. The Hall–Kier alpha value is -0.930. The number of hydrogen-bond donors (Lipinski definition) is 1. The van der Waals surface area contributed by atoms with E-state index in [0.717, 1.165) is 22.6 Å². The summed E-state index contributed by atoms with van der Waals surface area (Å²) in [5.41, 5.74) is 2.06. The number of methoxy groups -OCH3 is 1. The average molecular weight is 345 g/mol. The van der Waals surface area contributed by atoms with E-state index < -0.39 is 0 Å². The largest absolute Gasteiger partial charge is 0.495 e. The summed E-state index contributed by atoms with van der Waals surface area (Å²) in [7, 11) is 3.46. The van der Waals surface area contributed by atoms with Crippen molar-refractivity contribution in [3.63, 3.8) is 0 Å². The summed E-state index contributed by atoms with van der Waals surface area (Å²) >= 11 is 18.6. The van der Waals surface area contributed by atoms with E-state index in [1.54, 1.807) is 13.2 Å². The first-order chi connectivity index (χ1) is 10.0. The standard InChI is InChI=1S/C16H16Cl3NO/c1-20-15(7-10-4-3-5-11(17)6-10)12-8-14(19)16(21-2)9-13(12)18/h3-6,8-9,15,20H,7H2,1-2H3. The van der Waals surface area contributed by atoms with Crippen molar-refractivity contribution in [3.05, 3.63) is 62.6 Å². The van der Waals surface area contributed by atoms with Crippen molar-refractivity contribution in [2.24, 2.45) is 0 Å². The number of likely N-dealkylation sites (N-methyl/N-ethyl adjacent to an activating group) is 1. The molecule has 2 rings (SSSR count). The summed E-state index contributed by atoms with van der Waals surface area (Å²) in [6.07, 6.45) is 0.763. The lowest BCUT2D eigenvalue weighted by atomic mass is 9.99. The molecule has 5 heteroatoms. The van der Waals surface area contributed by atoms with Gasteiger partial charge in [0.1, 0.15) is 5.75 Å². The molecule has 0 aromatic heterocycles.